The van der Waals surface area contributed by atoms with E-state index in [4.69, 9.17) is 0 Å². The van der Waals surface area contributed by atoms with E-state index in [9.17, 15) is 19.2 Å². The number of piperidine rings is 1. The van der Waals surface area contributed by atoms with E-state index in [1.165, 1.54) is 0 Å². The summed E-state index contributed by atoms with van der Waals surface area (Å²) in [5, 5.41) is 8.93. The number of carbonyl (C=O) groups is 4. The highest BCUT2D eigenvalue weighted by Gasteiger charge is 2.45. The van der Waals surface area contributed by atoms with Crippen molar-refractivity contribution in [2.45, 2.75) is 37.4 Å². The molecule has 9 heteroatoms. The number of likely N-dealkylation sites (N-methyl/N-ethyl adjacent to an activating group) is 1. The number of hydrogen-bond acceptors (Lipinski definition) is 7. The number of rotatable bonds is 7. The van der Waals surface area contributed by atoms with Gasteiger partial charge in [-0.25, -0.2) is 0 Å². The summed E-state index contributed by atoms with van der Waals surface area (Å²) in [7, 11) is 4.16. The summed E-state index contributed by atoms with van der Waals surface area (Å²) in [4.78, 5) is 52.8. The third-order valence-corrected chi connectivity index (χ3v) is 6.49. The smallest absolute Gasteiger partial charge is 0.262 e. The molecular weight excluding hydrogens is 386 g/mol. The zero-order chi connectivity index (χ0) is 21.5. The zero-order valence-electron chi connectivity index (χ0n) is 17.3. The lowest BCUT2D eigenvalue weighted by molar-refractivity contribution is -0.136. The zero-order valence-corrected chi connectivity index (χ0v) is 17.3. The maximum atomic E-state index is 13.1. The Balaban J connectivity index is 1.45. The normalized spacial score (nSPS) is 22.9. The maximum absolute atomic E-state index is 13.1. The Morgan fingerprint density at radius 3 is 2.57 bits per heavy atom. The first-order valence-corrected chi connectivity index (χ1v) is 10.3. The molecule has 1 unspecified atom stereocenters. The van der Waals surface area contributed by atoms with Crippen LogP contribution in [0.4, 0.5) is 0 Å². The molecule has 0 saturated carbocycles. The van der Waals surface area contributed by atoms with Crippen LogP contribution in [-0.2, 0) is 16.1 Å². The molecule has 0 spiro atoms. The van der Waals surface area contributed by atoms with E-state index in [0.29, 0.717) is 17.7 Å². The van der Waals surface area contributed by atoms with Gasteiger partial charge in [-0.3, -0.25) is 29.4 Å². The second-order valence-electron chi connectivity index (χ2n) is 8.44. The summed E-state index contributed by atoms with van der Waals surface area (Å²) >= 11 is 0. The van der Waals surface area contributed by atoms with Gasteiger partial charge in [0, 0.05) is 31.6 Å². The van der Waals surface area contributed by atoms with Crippen LogP contribution < -0.4 is 16.0 Å². The molecule has 2 saturated heterocycles. The number of nitrogens with zero attached hydrogens (tertiary/aromatic N) is 2. The summed E-state index contributed by atoms with van der Waals surface area (Å²) in [5.74, 6) is -1.91. The maximum Gasteiger partial charge on any atom is 0.262 e. The summed E-state index contributed by atoms with van der Waals surface area (Å²) in [6.45, 7) is 3.15. The second-order valence-corrected chi connectivity index (χ2v) is 8.44. The lowest BCUT2D eigenvalue weighted by atomic mass is 9.87. The first-order valence-electron chi connectivity index (χ1n) is 10.3. The van der Waals surface area contributed by atoms with E-state index < -0.39 is 23.8 Å². The molecule has 4 amide bonds. The minimum atomic E-state index is -0.943. The molecule has 0 aromatic heterocycles. The molecule has 3 heterocycles. The van der Waals surface area contributed by atoms with Gasteiger partial charge >= 0.3 is 0 Å². The number of benzene rings is 1. The van der Waals surface area contributed by atoms with E-state index in [2.05, 4.69) is 34.9 Å². The average molecular weight is 413 g/mol. The van der Waals surface area contributed by atoms with E-state index in [1.807, 2.05) is 6.07 Å². The molecule has 0 radical (unpaired) electrons. The quantitative estimate of drug-likeness (QED) is 0.407. The molecule has 9 nitrogen and oxygen atoms in total. The summed E-state index contributed by atoms with van der Waals surface area (Å²) in [6, 6.07) is 4.26. The van der Waals surface area contributed by atoms with Crippen molar-refractivity contribution in [3.8, 4) is 0 Å². The highest BCUT2D eigenvalue weighted by atomic mass is 16.2. The predicted octanol–water partition coefficient (Wildman–Crippen LogP) is -0.529. The SMILES string of the molecule is CN(C)C1(CCNCc2cccc3c2C(=O)N(C2CCC(=O)NC2=O)C3=O)CNC1. The van der Waals surface area contributed by atoms with Crippen molar-refractivity contribution in [3.05, 3.63) is 34.9 Å². The molecule has 3 aliphatic heterocycles. The highest BCUT2D eigenvalue weighted by Crippen LogP contribution is 2.30. The minimum Gasteiger partial charge on any atom is -0.313 e. The molecule has 3 N–H and O–H groups in total. The molecular formula is C21H27N5O4. The van der Waals surface area contributed by atoms with Crippen molar-refractivity contribution in [2.24, 2.45) is 0 Å². The standard InChI is InChI=1S/C21H27N5O4/c1-25(2)21(11-23-12-21)8-9-22-10-13-4-3-5-14-17(13)20(30)26(19(14)29)15-6-7-16(27)24-18(15)28/h3-5,15,22-23H,6-12H2,1-2H3,(H,24,27,28). The van der Waals surface area contributed by atoms with Gasteiger partial charge in [-0.1, -0.05) is 12.1 Å². The molecule has 1 aromatic carbocycles. The van der Waals surface area contributed by atoms with Crippen LogP contribution in [0.1, 0.15) is 45.5 Å². The molecule has 0 bridgehead atoms. The van der Waals surface area contributed by atoms with Gasteiger partial charge in [0.2, 0.25) is 11.8 Å². The lowest BCUT2D eigenvalue weighted by Gasteiger charge is -2.48. The summed E-state index contributed by atoms with van der Waals surface area (Å²) in [6.07, 6.45) is 1.24. The number of hydrogen-bond donors (Lipinski definition) is 3. The van der Waals surface area contributed by atoms with Crippen LogP contribution in [-0.4, -0.2) is 78.7 Å². The van der Waals surface area contributed by atoms with Crippen molar-refractivity contribution >= 4 is 23.6 Å². The molecule has 2 fully saturated rings. The number of amides is 4. The molecule has 30 heavy (non-hydrogen) atoms. The molecule has 1 atom stereocenters. The van der Waals surface area contributed by atoms with E-state index in [0.717, 1.165) is 36.5 Å². The Kier molecular flexibility index (Phi) is 5.44. The fourth-order valence-electron chi connectivity index (χ4n) is 4.41. The van der Waals surface area contributed by atoms with Crippen molar-refractivity contribution in [1.82, 2.24) is 25.8 Å². The Hall–Kier alpha value is -2.62. The van der Waals surface area contributed by atoms with Gasteiger partial charge in [0.1, 0.15) is 6.04 Å². The number of imide groups is 2. The lowest BCUT2D eigenvalue weighted by Crippen LogP contribution is -2.67. The van der Waals surface area contributed by atoms with E-state index in [1.54, 1.807) is 12.1 Å². The largest absolute Gasteiger partial charge is 0.313 e. The topological polar surface area (TPSA) is 111 Å². The van der Waals surface area contributed by atoms with Crippen LogP contribution in [0.15, 0.2) is 18.2 Å². The molecule has 0 aliphatic carbocycles. The van der Waals surface area contributed by atoms with Crippen LogP contribution in [0.25, 0.3) is 0 Å². The Morgan fingerprint density at radius 1 is 1.17 bits per heavy atom. The van der Waals surface area contributed by atoms with Crippen LogP contribution in [0.2, 0.25) is 0 Å². The monoisotopic (exact) mass is 413 g/mol. The van der Waals surface area contributed by atoms with Gasteiger partial charge in [0.05, 0.1) is 11.1 Å². The number of carbonyl (C=O) groups excluding carboxylic acids is 4. The average Bonchev–Trinajstić information content (AvgIpc) is 2.92. The molecule has 4 rings (SSSR count). The Morgan fingerprint density at radius 2 is 1.93 bits per heavy atom. The summed E-state index contributed by atoms with van der Waals surface area (Å²) < 4.78 is 0. The first-order chi connectivity index (χ1) is 14.3. The van der Waals surface area contributed by atoms with E-state index in [-0.39, 0.29) is 24.3 Å². The minimum absolute atomic E-state index is 0.112. The van der Waals surface area contributed by atoms with Crippen molar-refractivity contribution in [3.63, 3.8) is 0 Å². The summed E-state index contributed by atoms with van der Waals surface area (Å²) in [5.41, 5.74) is 1.57. The molecule has 1 aromatic rings. The predicted molar refractivity (Wildman–Crippen MR) is 109 cm³/mol. The fraction of sp³-hybridized carbons (Fsp3) is 0.524. The third kappa shape index (κ3) is 3.42. The van der Waals surface area contributed by atoms with Crippen molar-refractivity contribution in [1.29, 1.82) is 0 Å². The number of nitrogens with one attached hydrogen (secondary N) is 3. The van der Waals surface area contributed by atoms with Crippen LogP contribution in [0.5, 0.6) is 0 Å². The molecule has 3 aliphatic rings. The Labute approximate surface area is 175 Å². The van der Waals surface area contributed by atoms with Crippen LogP contribution in [0, 0.1) is 0 Å². The van der Waals surface area contributed by atoms with Gasteiger partial charge < -0.3 is 15.5 Å². The first kappa shape index (κ1) is 20.6. The van der Waals surface area contributed by atoms with Gasteiger partial charge in [-0.15, -0.1) is 0 Å². The Bertz CT molecular complexity index is 909. The van der Waals surface area contributed by atoms with Gasteiger partial charge in [-0.05, 0) is 45.1 Å². The van der Waals surface area contributed by atoms with Gasteiger partial charge in [-0.2, -0.15) is 0 Å². The van der Waals surface area contributed by atoms with Gasteiger partial charge in [0.25, 0.3) is 11.8 Å². The highest BCUT2D eigenvalue weighted by molar-refractivity contribution is 6.24. The number of fused-ring (bicyclic) bond motifs is 1. The van der Waals surface area contributed by atoms with Crippen molar-refractivity contribution < 1.29 is 19.2 Å². The van der Waals surface area contributed by atoms with Crippen molar-refractivity contribution in [2.75, 3.05) is 33.7 Å². The van der Waals surface area contributed by atoms with Gasteiger partial charge in [0.15, 0.2) is 0 Å². The van der Waals surface area contributed by atoms with E-state index >= 15 is 0 Å². The third-order valence-electron chi connectivity index (χ3n) is 6.49. The van der Waals surface area contributed by atoms with Crippen LogP contribution >= 0.6 is 0 Å². The van der Waals surface area contributed by atoms with Crippen LogP contribution in [0.3, 0.4) is 0 Å². The fourth-order valence-corrected chi connectivity index (χ4v) is 4.41. The second kappa shape index (κ2) is 7.90. The molecule has 160 valence electrons.